The van der Waals surface area contributed by atoms with Gasteiger partial charge < -0.3 is 19.1 Å². The van der Waals surface area contributed by atoms with E-state index in [0.29, 0.717) is 45.0 Å². The molecule has 2 amide bonds. The predicted molar refractivity (Wildman–Crippen MR) is 93.2 cm³/mol. The number of ether oxygens (including phenoxy) is 1. The van der Waals surface area contributed by atoms with Crippen LogP contribution in [0.3, 0.4) is 0 Å². The van der Waals surface area contributed by atoms with Gasteiger partial charge in [0.15, 0.2) is 0 Å². The fourth-order valence-electron chi connectivity index (χ4n) is 3.92. The zero-order valence-electron chi connectivity index (χ0n) is 15.4. The predicted octanol–water partition coefficient (Wildman–Crippen LogP) is 1.93. The highest BCUT2D eigenvalue weighted by molar-refractivity contribution is 5.82. The third kappa shape index (κ3) is 3.77. The van der Waals surface area contributed by atoms with E-state index in [1.807, 2.05) is 18.0 Å². The van der Waals surface area contributed by atoms with Gasteiger partial charge in [-0.2, -0.15) is 0 Å². The quantitative estimate of drug-likeness (QED) is 0.801. The summed E-state index contributed by atoms with van der Waals surface area (Å²) in [7, 11) is 1.82. The number of carbonyl (C=O) groups is 2. The summed E-state index contributed by atoms with van der Waals surface area (Å²) in [5, 5.41) is 4.09. The van der Waals surface area contributed by atoms with Crippen molar-refractivity contribution in [1.82, 2.24) is 15.0 Å². The molecule has 3 heterocycles. The van der Waals surface area contributed by atoms with Gasteiger partial charge in [0.2, 0.25) is 5.91 Å². The van der Waals surface area contributed by atoms with Gasteiger partial charge in [0.1, 0.15) is 17.6 Å². The van der Waals surface area contributed by atoms with Crippen LogP contribution in [0.4, 0.5) is 0 Å². The Morgan fingerprint density at radius 2 is 2.00 bits per heavy atom. The van der Waals surface area contributed by atoms with Gasteiger partial charge in [-0.05, 0) is 38.5 Å². The minimum Gasteiger partial charge on any atom is -0.368 e. The average molecular weight is 361 g/mol. The lowest BCUT2D eigenvalue weighted by molar-refractivity contribution is -0.145. The maximum absolute atomic E-state index is 12.7. The van der Waals surface area contributed by atoms with Crippen LogP contribution in [0.2, 0.25) is 0 Å². The fraction of sp³-hybridized carbons (Fsp3) is 0.737. The number of hydrogen-bond donors (Lipinski definition) is 0. The topological polar surface area (TPSA) is 75.9 Å². The van der Waals surface area contributed by atoms with Crippen LogP contribution in [0, 0.1) is 5.92 Å². The van der Waals surface area contributed by atoms with Gasteiger partial charge in [-0.1, -0.05) is 5.16 Å². The molecule has 4 rings (SSSR count). The molecule has 0 aromatic carbocycles. The van der Waals surface area contributed by atoms with Crippen LogP contribution < -0.4 is 0 Å². The summed E-state index contributed by atoms with van der Waals surface area (Å²) in [5.74, 6) is 1.68. The molecular formula is C19H27N3O4. The SMILES string of the molecule is CN(Cc1cc(C2CC2)on1)C(=O)C1CCN(C(=O)C2CCCO2)CC1. The Hall–Kier alpha value is -1.89. The Labute approximate surface area is 153 Å². The van der Waals surface area contributed by atoms with Crippen molar-refractivity contribution in [2.75, 3.05) is 26.7 Å². The van der Waals surface area contributed by atoms with Crippen molar-refractivity contribution in [1.29, 1.82) is 0 Å². The van der Waals surface area contributed by atoms with E-state index in [9.17, 15) is 9.59 Å². The molecular weight excluding hydrogens is 334 g/mol. The van der Waals surface area contributed by atoms with Crippen LogP contribution in [0.25, 0.3) is 0 Å². The van der Waals surface area contributed by atoms with E-state index in [2.05, 4.69) is 5.16 Å². The fourth-order valence-corrected chi connectivity index (χ4v) is 3.92. The summed E-state index contributed by atoms with van der Waals surface area (Å²) in [6.07, 6.45) is 5.29. The normalized spacial score (nSPS) is 24.0. The van der Waals surface area contributed by atoms with Gasteiger partial charge in [-0.15, -0.1) is 0 Å². The Kier molecular flexibility index (Phi) is 4.98. The molecule has 0 N–H and O–H groups in total. The molecule has 0 spiro atoms. The van der Waals surface area contributed by atoms with E-state index < -0.39 is 0 Å². The van der Waals surface area contributed by atoms with E-state index in [1.165, 1.54) is 12.8 Å². The third-order valence-corrected chi connectivity index (χ3v) is 5.69. The van der Waals surface area contributed by atoms with Crippen molar-refractivity contribution in [3.8, 4) is 0 Å². The number of nitrogens with zero attached hydrogens (tertiary/aromatic N) is 3. The van der Waals surface area contributed by atoms with Crippen LogP contribution in [0.5, 0.6) is 0 Å². The van der Waals surface area contributed by atoms with Crippen LogP contribution >= 0.6 is 0 Å². The first-order chi connectivity index (χ1) is 12.6. The molecule has 1 unspecified atom stereocenters. The molecule has 0 bridgehead atoms. The maximum Gasteiger partial charge on any atom is 0.251 e. The zero-order chi connectivity index (χ0) is 18.1. The van der Waals surface area contributed by atoms with Crippen molar-refractivity contribution in [2.24, 2.45) is 5.92 Å². The lowest BCUT2D eigenvalue weighted by atomic mass is 9.95. The number of amides is 2. The largest absolute Gasteiger partial charge is 0.368 e. The van der Waals surface area contributed by atoms with Gasteiger partial charge >= 0.3 is 0 Å². The minimum absolute atomic E-state index is 0.0247. The summed E-state index contributed by atoms with van der Waals surface area (Å²) >= 11 is 0. The number of piperidine rings is 1. The summed E-state index contributed by atoms with van der Waals surface area (Å²) in [6, 6.07) is 1.98. The summed E-state index contributed by atoms with van der Waals surface area (Å²) < 4.78 is 10.8. The lowest BCUT2D eigenvalue weighted by Crippen LogP contribution is -2.46. The van der Waals surface area contributed by atoms with E-state index in [0.717, 1.165) is 24.3 Å². The van der Waals surface area contributed by atoms with E-state index in [4.69, 9.17) is 9.26 Å². The first-order valence-electron chi connectivity index (χ1n) is 9.72. The number of carbonyl (C=O) groups excluding carboxylic acids is 2. The summed E-state index contributed by atoms with van der Waals surface area (Å²) in [5.41, 5.74) is 0.814. The van der Waals surface area contributed by atoms with Gasteiger partial charge in [0.05, 0.1) is 6.54 Å². The smallest absolute Gasteiger partial charge is 0.251 e. The molecule has 2 saturated heterocycles. The minimum atomic E-state index is -0.266. The van der Waals surface area contributed by atoms with Crippen molar-refractivity contribution >= 4 is 11.8 Å². The number of likely N-dealkylation sites (tertiary alicyclic amines) is 1. The van der Waals surface area contributed by atoms with Gasteiger partial charge in [-0.3, -0.25) is 9.59 Å². The van der Waals surface area contributed by atoms with Crippen molar-refractivity contribution in [2.45, 2.75) is 57.1 Å². The molecule has 1 atom stereocenters. The highest BCUT2D eigenvalue weighted by Gasteiger charge is 2.34. The van der Waals surface area contributed by atoms with Crippen LogP contribution in [-0.2, 0) is 20.9 Å². The van der Waals surface area contributed by atoms with E-state index >= 15 is 0 Å². The monoisotopic (exact) mass is 361 g/mol. The maximum atomic E-state index is 12.7. The van der Waals surface area contributed by atoms with Gasteiger partial charge in [-0.25, -0.2) is 0 Å². The molecule has 7 heteroatoms. The Morgan fingerprint density at radius 3 is 2.65 bits per heavy atom. The molecule has 26 heavy (non-hydrogen) atoms. The first-order valence-corrected chi connectivity index (χ1v) is 9.72. The van der Waals surface area contributed by atoms with Crippen molar-refractivity contribution < 1.29 is 18.8 Å². The molecule has 1 aromatic rings. The highest BCUT2D eigenvalue weighted by Crippen LogP contribution is 2.40. The van der Waals surface area contributed by atoms with E-state index in [-0.39, 0.29) is 23.8 Å². The average Bonchev–Trinajstić information content (AvgIpc) is 3.17. The standard InChI is InChI=1S/C19H27N3O4/c1-21(12-15-11-17(26-20-15)13-4-5-13)18(23)14-6-8-22(9-7-14)19(24)16-3-2-10-25-16/h11,13-14,16H,2-10,12H2,1H3. The Balaban J connectivity index is 1.26. The highest BCUT2D eigenvalue weighted by atomic mass is 16.5. The molecule has 2 aliphatic heterocycles. The summed E-state index contributed by atoms with van der Waals surface area (Å²) in [4.78, 5) is 28.7. The van der Waals surface area contributed by atoms with Crippen LogP contribution in [-0.4, -0.2) is 59.6 Å². The molecule has 1 aliphatic carbocycles. The molecule has 3 aliphatic rings. The van der Waals surface area contributed by atoms with E-state index in [1.54, 1.807) is 4.90 Å². The molecule has 142 valence electrons. The van der Waals surface area contributed by atoms with Gasteiger partial charge in [0, 0.05) is 44.6 Å². The zero-order valence-corrected chi connectivity index (χ0v) is 15.4. The van der Waals surface area contributed by atoms with Crippen LogP contribution in [0.15, 0.2) is 10.6 Å². The third-order valence-electron chi connectivity index (χ3n) is 5.69. The Morgan fingerprint density at radius 1 is 1.23 bits per heavy atom. The van der Waals surface area contributed by atoms with Crippen molar-refractivity contribution in [3.05, 3.63) is 17.5 Å². The Bertz CT molecular complexity index is 655. The lowest BCUT2D eigenvalue weighted by Gasteiger charge is -2.34. The molecule has 0 radical (unpaired) electrons. The number of aromatic nitrogens is 1. The second-order valence-electron chi connectivity index (χ2n) is 7.79. The second-order valence-corrected chi connectivity index (χ2v) is 7.79. The summed E-state index contributed by atoms with van der Waals surface area (Å²) in [6.45, 7) is 2.43. The van der Waals surface area contributed by atoms with Gasteiger partial charge in [0.25, 0.3) is 5.91 Å². The molecule has 1 saturated carbocycles. The van der Waals surface area contributed by atoms with Crippen LogP contribution in [0.1, 0.15) is 55.9 Å². The molecule has 1 aromatic heterocycles. The molecule has 3 fully saturated rings. The second kappa shape index (κ2) is 7.39. The first kappa shape index (κ1) is 17.5. The number of hydrogen-bond acceptors (Lipinski definition) is 5. The number of rotatable bonds is 5. The van der Waals surface area contributed by atoms with Crippen molar-refractivity contribution in [3.63, 3.8) is 0 Å². The molecule has 7 nitrogen and oxygen atoms in total.